The summed E-state index contributed by atoms with van der Waals surface area (Å²) in [5, 5.41) is 53.6. The Labute approximate surface area is 419 Å². The van der Waals surface area contributed by atoms with Gasteiger partial charge in [-0.15, -0.1) is 0 Å². The molecule has 69 heavy (non-hydrogen) atoms. The highest BCUT2D eigenvalue weighted by Crippen LogP contribution is 2.52. The van der Waals surface area contributed by atoms with Crippen molar-refractivity contribution in [1.82, 2.24) is 20.9 Å². The van der Waals surface area contributed by atoms with E-state index in [1.54, 1.807) is 13.1 Å². The molecule has 3 saturated carbocycles. The molecule has 0 spiro atoms. The lowest BCUT2D eigenvalue weighted by atomic mass is 9.62. The van der Waals surface area contributed by atoms with E-state index in [-0.39, 0.29) is 37.0 Å². The normalized spacial score (nSPS) is 31.1. The predicted molar refractivity (Wildman–Crippen MR) is 281 cm³/mol. The summed E-state index contributed by atoms with van der Waals surface area (Å²) in [6, 6.07) is 10.3. The second-order valence-corrected chi connectivity index (χ2v) is 24.4. The summed E-state index contributed by atoms with van der Waals surface area (Å²) in [5.74, 6) is 9.94. The molecule has 0 radical (unpaired) electrons. The van der Waals surface area contributed by atoms with Gasteiger partial charge in [0.1, 0.15) is 24.2 Å². The lowest BCUT2D eigenvalue weighted by molar-refractivity contribution is 0.0714. The van der Waals surface area contributed by atoms with Crippen molar-refractivity contribution < 1.29 is 29.6 Å². The zero-order chi connectivity index (χ0) is 48.6. The Bertz CT molecular complexity index is 2120. The maximum Gasteiger partial charge on any atom is 0.188 e. The van der Waals surface area contributed by atoms with Crippen LogP contribution < -0.4 is 32.2 Å². The highest BCUT2D eigenvalue weighted by Gasteiger charge is 2.46. The van der Waals surface area contributed by atoms with Crippen molar-refractivity contribution in [3.63, 3.8) is 0 Å². The van der Waals surface area contributed by atoms with Crippen LogP contribution in [0.3, 0.4) is 0 Å². The van der Waals surface area contributed by atoms with Crippen LogP contribution in [0.25, 0.3) is 0 Å². The molecule has 15 heteroatoms. The number of nitrogens with one attached hydrogen (secondary N) is 4. The fourth-order valence-electron chi connectivity index (χ4n) is 13.6. The van der Waals surface area contributed by atoms with Crippen molar-refractivity contribution in [2.24, 2.45) is 63.8 Å². The molecule has 1 aliphatic heterocycles. The Morgan fingerprint density at radius 1 is 0.942 bits per heavy atom. The Hall–Kier alpha value is -2.89. The van der Waals surface area contributed by atoms with Gasteiger partial charge in [0.2, 0.25) is 0 Å². The molecule has 2 aromatic heterocycles. The Kier molecular flexibility index (Phi) is 18.8. The number of fused-ring (bicyclic) bond motifs is 2. The molecule has 3 aromatic rings. The number of H-pyrrole nitrogens is 1. The number of hydrogen-bond acceptors (Lipinski definition) is 12. The number of ether oxygens (including phenoxy) is 1. The van der Waals surface area contributed by atoms with Gasteiger partial charge in [-0.05, 0) is 161 Å². The number of rotatable bonds is 18. The van der Waals surface area contributed by atoms with Crippen LogP contribution in [0.5, 0.6) is 11.5 Å². The first-order chi connectivity index (χ1) is 33.4. The molecule has 14 atom stereocenters. The number of hydrogen-bond donors (Lipinski definition) is 10. The molecule has 4 aliphatic carbocycles. The Morgan fingerprint density at radius 2 is 1.77 bits per heavy atom. The molecule has 1 aromatic carbocycles. The van der Waals surface area contributed by atoms with E-state index in [1.807, 2.05) is 53.8 Å². The number of aliphatic imine (C=N–C) groups is 1. The number of nitrogens with zero attached hydrogens (tertiary/aromatic N) is 1. The average molecular weight is 992 g/mol. The summed E-state index contributed by atoms with van der Waals surface area (Å²) in [6.07, 6.45) is 14.9. The number of aliphatic hydroxyl groups is 3. The van der Waals surface area contributed by atoms with Crippen molar-refractivity contribution in [3.8, 4) is 11.5 Å². The first kappa shape index (κ1) is 52.4. The van der Waals surface area contributed by atoms with Crippen molar-refractivity contribution in [2.75, 3.05) is 45.3 Å². The number of nitrogens with two attached hydrogens (primary N) is 2. The quantitative estimate of drug-likeness (QED) is 0.0343. The third-order valence-corrected chi connectivity index (χ3v) is 19.8. The number of benzene rings is 1. The van der Waals surface area contributed by atoms with E-state index < -0.39 is 12.2 Å². The molecule has 8 rings (SSSR count). The topological polar surface area (TPSA) is 220 Å². The number of likely N-dealkylation sites (N-methyl/N-ethyl adjacent to an activating group) is 1. The highest BCUT2D eigenvalue weighted by molar-refractivity contribution is 8.76. The van der Waals surface area contributed by atoms with Crippen LogP contribution in [0.15, 0.2) is 39.7 Å². The van der Waals surface area contributed by atoms with Gasteiger partial charge in [-0.3, -0.25) is 4.99 Å². The van der Waals surface area contributed by atoms with E-state index in [0.29, 0.717) is 84.5 Å². The van der Waals surface area contributed by atoms with E-state index in [9.17, 15) is 20.4 Å². The van der Waals surface area contributed by atoms with Gasteiger partial charge < -0.3 is 62.0 Å². The average Bonchev–Trinajstić information content (AvgIpc) is 4.05. The number of aliphatic hydroxyl groups excluding tert-OH is 3. The van der Waals surface area contributed by atoms with Gasteiger partial charge in [0.15, 0.2) is 17.5 Å². The number of furan rings is 1. The Morgan fingerprint density at radius 3 is 2.57 bits per heavy atom. The summed E-state index contributed by atoms with van der Waals surface area (Å²) in [5.41, 5.74) is 18.2. The predicted octanol–water partition coefficient (Wildman–Crippen LogP) is 7.35. The van der Waals surface area contributed by atoms with Crippen LogP contribution in [-0.2, 0) is 32.3 Å². The third-order valence-electron chi connectivity index (χ3n) is 17.3. The van der Waals surface area contributed by atoms with E-state index in [1.165, 1.54) is 62.6 Å². The van der Waals surface area contributed by atoms with Gasteiger partial charge in [-0.25, -0.2) is 0 Å². The minimum absolute atomic E-state index is 0.00802. The molecule has 5 aliphatic rings. The number of phenolic OH excluding ortho intramolecular Hbond substituents is 1. The molecule has 3 heterocycles. The molecule has 13 nitrogen and oxygen atoms in total. The second kappa shape index (κ2) is 24.7. The number of aromatic nitrogens is 1. The van der Waals surface area contributed by atoms with E-state index in [0.717, 1.165) is 78.5 Å². The molecule has 0 amide bonds. The SMILES string of the molecule is CN=C(N)NC1CSSCC2C(N)CC3CC(CCc4oc(CCc5ccc(O)c(OCC(O)c6cc7c([nH]6)CCC6CCCC6C7C(CNC)NCC(C)O)c5)cc4CO)CCC2C3CCC1C. The van der Waals surface area contributed by atoms with Gasteiger partial charge in [0, 0.05) is 85.5 Å². The number of aromatic hydroxyl groups is 1. The maximum absolute atomic E-state index is 11.5. The summed E-state index contributed by atoms with van der Waals surface area (Å²) < 4.78 is 12.7. The summed E-state index contributed by atoms with van der Waals surface area (Å²) in [4.78, 5) is 7.79. The van der Waals surface area contributed by atoms with Gasteiger partial charge in [-0.1, -0.05) is 53.8 Å². The van der Waals surface area contributed by atoms with Crippen molar-refractivity contribution >= 4 is 27.5 Å². The van der Waals surface area contributed by atoms with Gasteiger partial charge in [-0.2, -0.15) is 0 Å². The summed E-state index contributed by atoms with van der Waals surface area (Å²) in [6.45, 7) is 5.46. The van der Waals surface area contributed by atoms with Gasteiger partial charge in [0.05, 0.1) is 12.7 Å². The van der Waals surface area contributed by atoms with Crippen molar-refractivity contribution in [3.05, 3.63) is 69.9 Å². The van der Waals surface area contributed by atoms with Crippen LogP contribution >= 0.6 is 21.6 Å². The van der Waals surface area contributed by atoms with Crippen LogP contribution in [0.4, 0.5) is 0 Å². The monoisotopic (exact) mass is 992 g/mol. The second-order valence-electron chi connectivity index (χ2n) is 21.8. The zero-order valence-corrected chi connectivity index (χ0v) is 43.5. The standard InChI is InChI=1S/C54H85N7O6S2/c1-31-8-15-39-36-20-33(10-16-41(39)43(44(55)23-36)29-68-69-30-48(31)61-54(56)58-4)12-19-51-37(27-62)22-38(67-51)14-9-34-11-18-49(64)52(21-34)66-28-50(65)46-24-42-45(60-46)17-13-35-6-5-7-40(35)53(42)47(26-57-3)59-25-32(2)63/h11,18,21-22,24,31-33,35-36,39-41,43-44,47-48,50,53,57,59-60,62-65H,5-10,12-17,19-20,23,25-30,55H2,1-4H3,(H3,56,58,61). The first-order valence-corrected chi connectivity index (χ1v) is 29.0. The molecule has 12 N–H and O–H groups in total. The molecule has 1 saturated heterocycles. The third kappa shape index (κ3) is 13.0. The fraction of sp³-hybridized carbons (Fsp3) is 0.722. The number of phenols is 1. The van der Waals surface area contributed by atoms with Crippen LogP contribution in [-0.4, -0.2) is 101 Å². The van der Waals surface area contributed by atoms with Crippen LogP contribution in [0, 0.1) is 47.3 Å². The largest absolute Gasteiger partial charge is 0.504 e. The van der Waals surface area contributed by atoms with E-state index in [4.69, 9.17) is 20.6 Å². The van der Waals surface area contributed by atoms with E-state index in [2.05, 4.69) is 38.9 Å². The maximum atomic E-state index is 11.5. The Balaban J connectivity index is 0.866. The molecule has 14 unspecified atom stereocenters. The fourth-order valence-corrected chi connectivity index (χ4v) is 16.5. The van der Waals surface area contributed by atoms with Gasteiger partial charge >= 0.3 is 0 Å². The van der Waals surface area contributed by atoms with Crippen LogP contribution in [0.2, 0.25) is 0 Å². The molecule has 4 bridgehead atoms. The van der Waals surface area contributed by atoms with Crippen molar-refractivity contribution in [2.45, 2.75) is 153 Å². The van der Waals surface area contributed by atoms with Crippen LogP contribution in [0.1, 0.15) is 136 Å². The minimum atomic E-state index is -0.908. The highest BCUT2D eigenvalue weighted by atomic mass is 33.1. The lowest BCUT2D eigenvalue weighted by Crippen LogP contribution is -2.48. The minimum Gasteiger partial charge on any atom is -0.504 e. The smallest absolute Gasteiger partial charge is 0.188 e. The number of aryl methyl sites for hydroxylation is 4. The first-order valence-electron chi connectivity index (χ1n) is 26.5. The number of guanidine groups is 1. The van der Waals surface area contributed by atoms with Crippen molar-refractivity contribution in [1.29, 1.82) is 0 Å². The lowest BCUT2D eigenvalue weighted by Gasteiger charge is -2.46. The molecule has 4 fully saturated rings. The molecule has 384 valence electrons. The summed E-state index contributed by atoms with van der Waals surface area (Å²) >= 11 is 0. The van der Waals surface area contributed by atoms with Gasteiger partial charge in [0.25, 0.3) is 0 Å². The molecular formula is C54H85N7O6S2. The van der Waals surface area contributed by atoms with E-state index >= 15 is 0 Å². The molecular weight excluding hydrogens is 907 g/mol. The zero-order valence-electron chi connectivity index (χ0n) is 41.8. The number of aromatic amines is 1. The summed E-state index contributed by atoms with van der Waals surface area (Å²) in [7, 11) is 7.69.